The summed E-state index contributed by atoms with van der Waals surface area (Å²) in [4.78, 5) is 4.25. The molecule has 96 valence electrons. The van der Waals surface area contributed by atoms with Gasteiger partial charge in [-0.05, 0) is 30.5 Å². The van der Waals surface area contributed by atoms with Crippen molar-refractivity contribution < 1.29 is 9.47 Å². The molecule has 0 atom stereocenters. The summed E-state index contributed by atoms with van der Waals surface area (Å²) in [6.07, 6.45) is 3.84. The number of rotatable bonds is 9. The predicted octanol–water partition coefficient (Wildman–Crippen LogP) is 2.46. The third kappa shape index (κ3) is 6.24. The highest BCUT2D eigenvalue weighted by atomic mass is 16.5. The molecule has 4 heteroatoms. The van der Waals surface area contributed by atoms with Gasteiger partial charge in [0.05, 0.1) is 6.61 Å². The number of hydrogen-bond acceptors (Lipinski definition) is 4. The van der Waals surface area contributed by atoms with Crippen LogP contribution in [0, 0.1) is 0 Å². The lowest BCUT2D eigenvalue weighted by atomic mass is 10.3. The van der Waals surface area contributed by atoms with Crippen molar-refractivity contribution in [3.05, 3.63) is 23.9 Å². The number of nitrogens with zero attached hydrogens (tertiary/aromatic N) is 1. The van der Waals surface area contributed by atoms with Crippen LogP contribution in [-0.2, 0) is 16.1 Å². The van der Waals surface area contributed by atoms with Crippen molar-refractivity contribution in [1.29, 1.82) is 0 Å². The summed E-state index contributed by atoms with van der Waals surface area (Å²) in [5.41, 5.74) is 1.15. The Kier molecular flexibility index (Phi) is 7.34. The van der Waals surface area contributed by atoms with Crippen molar-refractivity contribution in [3.8, 4) is 0 Å². The second-order valence-corrected chi connectivity index (χ2v) is 3.88. The number of methoxy groups -OCH3 is 1. The zero-order chi connectivity index (χ0) is 12.3. The second kappa shape index (κ2) is 8.96. The monoisotopic (exact) mass is 238 g/mol. The lowest BCUT2D eigenvalue weighted by Gasteiger charge is -2.07. The van der Waals surface area contributed by atoms with Crippen molar-refractivity contribution in [2.75, 3.05) is 32.2 Å². The van der Waals surface area contributed by atoms with Gasteiger partial charge in [-0.1, -0.05) is 6.92 Å². The molecule has 0 fully saturated rings. The maximum atomic E-state index is 5.55. The third-order valence-electron chi connectivity index (χ3n) is 2.29. The first-order valence-electron chi connectivity index (χ1n) is 6.12. The lowest BCUT2D eigenvalue weighted by molar-refractivity contribution is 0.0928. The topological polar surface area (TPSA) is 43.4 Å². The summed E-state index contributed by atoms with van der Waals surface area (Å²) in [7, 11) is 1.70. The largest absolute Gasteiger partial charge is 0.385 e. The minimum Gasteiger partial charge on any atom is -0.385 e. The van der Waals surface area contributed by atoms with Gasteiger partial charge in [-0.15, -0.1) is 0 Å². The van der Waals surface area contributed by atoms with Gasteiger partial charge in [0.2, 0.25) is 0 Å². The van der Waals surface area contributed by atoms with Crippen LogP contribution in [0.5, 0.6) is 0 Å². The van der Waals surface area contributed by atoms with Gasteiger partial charge in [0.15, 0.2) is 0 Å². The molecule has 1 aromatic heterocycles. The van der Waals surface area contributed by atoms with Crippen molar-refractivity contribution in [2.24, 2.45) is 0 Å². The van der Waals surface area contributed by atoms with E-state index in [-0.39, 0.29) is 0 Å². The van der Waals surface area contributed by atoms with E-state index < -0.39 is 0 Å². The Balaban J connectivity index is 2.27. The van der Waals surface area contributed by atoms with Crippen molar-refractivity contribution in [2.45, 2.75) is 26.4 Å². The normalized spacial score (nSPS) is 10.5. The highest BCUT2D eigenvalue weighted by Gasteiger charge is 1.97. The fourth-order valence-corrected chi connectivity index (χ4v) is 1.41. The second-order valence-electron chi connectivity index (χ2n) is 3.88. The number of hydrogen-bond donors (Lipinski definition) is 1. The fraction of sp³-hybridized carbons (Fsp3) is 0.615. The fourth-order valence-electron chi connectivity index (χ4n) is 1.41. The minimum atomic E-state index is 0.632. The van der Waals surface area contributed by atoms with Crippen LogP contribution in [0.25, 0.3) is 0 Å². The molecule has 0 aliphatic rings. The predicted molar refractivity (Wildman–Crippen MR) is 69.2 cm³/mol. The van der Waals surface area contributed by atoms with Gasteiger partial charge in [-0.3, -0.25) is 0 Å². The molecular formula is C13H22N2O2. The molecule has 0 radical (unpaired) electrons. The van der Waals surface area contributed by atoms with Crippen LogP contribution in [0.4, 0.5) is 5.82 Å². The van der Waals surface area contributed by atoms with Crippen molar-refractivity contribution in [1.82, 2.24) is 4.98 Å². The summed E-state index contributed by atoms with van der Waals surface area (Å²) < 4.78 is 10.5. The molecule has 1 rings (SSSR count). The van der Waals surface area contributed by atoms with Crippen LogP contribution in [0.2, 0.25) is 0 Å². The van der Waals surface area contributed by atoms with E-state index >= 15 is 0 Å². The molecule has 0 aromatic carbocycles. The standard InChI is InChI=1S/C13H22N2O2/c1-3-6-14-13-10-12(5-7-15-13)11-17-9-4-8-16-2/h5,7,10H,3-4,6,8-9,11H2,1-2H3,(H,14,15). The summed E-state index contributed by atoms with van der Waals surface area (Å²) in [6.45, 7) is 5.20. The van der Waals surface area contributed by atoms with E-state index in [0.29, 0.717) is 6.61 Å². The molecule has 1 N–H and O–H groups in total. The number of nitrogens with one attached hydrogen (secondary N) is 1. The quantitative estimate of drug-likeness (QED) is 0.671. The van der Waals surface area contributed by atoms with E-state index in [4.69, 9.17) is 9.47 Å². The third-order valence-corrected chi connectivity index (χ3v) is 2.29. The van der Waals surface area contributed by atoms with Gasteiger partial charge in [-0.2, -0.15) is 0 Å². The van der Waals surface area contributed by atoms with Gasteiger partial charge in [0.25, 0.3) is 0 Å². The van der Waals surface area contributed by atoms with Gasteiger partial charge in [-0.25, -0.2) is 4.98 Å². The van der Waals surface area contributed by atoms with E-state index in [1.165, 1.54) is 0 Å². The Morgan fingerprint density at radius 1 is 1.35 bits per heavy atom. The summed E-state index contributed by atoms with van der Waals surface area (Å²) in [5, 5.41) is 3.26. The molecule has 1 aromatic rings. The average molecular weight is 238 g/mol. The van der Waals surface area contributed by atoms with Crippen molar-refractivity contribution in [3.63, 3.8) is 0 Å². The molecular weight excluding hydrogens is 216 g/mol. The Bertz CT molecular complexity index is 305. The molecule has 0 aliphatic carbocycles. The Hall–Kier alpha value is -1.13. The average Bonchev–Trinajstić information content (AvgIpc) is 2.37. The zero-order valence-electron chi connectivity index (χ0n) is 10.7. The number of aromatic nitrogens is 1. The van der Waals surface area contributed by atoms with Crippen LogP contribution >= 0.6 is 0 Å². The molecule has 0 spiro atoms. The molecule has 0 amide bonds. The van der Waals surface area contributed by atoms with E-state index in [1.54, 1.807) is 7.11 Å². The van der Waals surface area contributed by atoms with E-state index in [0.717, 1.165) is 44.0 Å². The minimum absolute atomic E-state index is 0.632. The Labute approximate surface area is 103 Å². The van der Waals surface area contributed by atoms with E-state index in [2.05, 4.69) is 17.2 Å². The van der Waals surface area contributed by atoms with E-state index in [9.17, 15) is 0 Å². The van der Waals surface area contributed by atoms with Gasteiger partial charge in [0.1, 0.15) is 5.82 Å². The molecule has 0 unspecified atom stereocenters. The first kappa shape index (κ1) is 13.9. The lowest BCUT2D eigenvalue weighted by Crippen LogP contribution is -2.03. The zero-order valence-corrected chi connectivity index (χ0v) is 10.7. The van der Waals surface area contributed by atoms with Crippen molar-refractivity contribution >= 4 is 5.82 Å². The molecule has 1 heterocycles. The van der Waals surface area contributed by atoms with Crippen LogP contribution in [0.3, 0.4) is 0 Å². The highest BCUT2D eigenvalue weighted by molar-refractivity contribution is 5.37. The highest BCUT2D eigenvalue weighted by Crippen LogP contribution is 2.08. The molecule has 17 heavy (non-hydrogen) atoms. The number of pyridine rings is 1. The molecule has 4 nitrogen and oxygen atoms in total. The maximum Gasteiger partial charge on any atom is 0.126 e. The van der Waals surface area contributed by atoms with Gasteiger partial charge < -0.3 is 14.8 Å². The van der Waals surface area contributed by atoms with Gasteiger partial charge in [0, 0.05) is 33.1 Å². The first-order chi connectivity index (χ1) is 8.36. The number of anilines is 1. The molecule has 0 saturated heterocycles. The van der Waals surface area contributed by atoms with Gasteiger partial charge >= 0.3 is 0 Å². The van der Waals surface area contributed by atoms with Crippen LogP contribution in [0.15, 0.2) is 18.3 Å². The summed E-state index contributed by atoms with van der Waals surface area (Å²) >= 11 is 0. The number of ether oxygens (including phenoxy) is 2. The SMILES string of the molecule is CCCNc1cc(COCCCOC)ccn1. The summed E-state index contributed by atoms with van der Waals surface area (Å²) in [5.74, 6) is 0.921. The van der Waals surface area contributed by atoms with Crippen LogP contribution in [-0.4, -0.2) is 31.9 Å². The van der Waals surface area contributed by atoms with Crippen LogP contribution < -0.4 is 5.32 Å². The van der Waals surface area contributed by atoms with Crippen LogP contribution in [0.1, 0.15) is 25.3 Å². The first-order valence-corrected chi connectivity index (χ1v) is 6.12. The van der Waals surface area contributed by atoms with E-state index in [1.807, 2.05) is 18.3 Å². The Morgan fingerprint density at radius 3 is 3.00 bits per heavy atom. The molecule has 0 saturated carbocycles. The Morgan fingerprint density at radius 2 is 2.24 bits per heavy atom. The molecule has 0 bridgehead atoms. The maximum absolute atomic E-state index is 5.55. The summed E-state index contributed by atoms with van der Waals surface area (Å²) in [6, 6.07) is 4.01. The molecule has 0 aliphatic heterocycles. The smallest absolute Gasteiger partial charge is 0.126 e.